The van der Waals surface area contributed by atoms with Gasteiger partial charge in [0.15, 0.2) is 0 Å². The standard InChI is InChI=1S/C20H23NO3/c1-2-15-24-19-6-4-3-5-17(19)9-12-20(23)21-14-13-16-7-10-18(22)11-8-16/h3-12,22H,2,13-15H2,1H3,(H,21,23)/b12-9+. The van der Waals surface area contributed by atoms with E-state index < -0.39 is 0 Å². The summed E-state index contributed by atoms with van der Waals surface area (Å²) in [5.41, 5.74) is 1.95. The lowest BCUT2D eigenvalue weighted by Gasteiger charge is -2.07. The third-order valence-corrected chi connectivity index (χ3v) is 3.44. The number of hydrogen-bond donors (Lipinski definition) is 2. The van der Waals surface area contributed by atoms with Crippen LogP contribution in [0, 0.1) is 0 Å². The van der Waals surface area contributed by atoms with E-state index in [2.05, 4.69) is 12.2 Å². The number of carbonyl (C=O) groups is 1. The highest BCUT2D eigenvalue weighted by molar-refractivity contribution is 5.92. The molecule has 0 spiro atoms. The number of phenolic OH excluding ortho intramolecular Hbond substituents is 1. The van der Waals surface area contributed by atoms with E-state index in [9.17, 15) is 9.90 Å². The van der Waals surface area contributed by atoms with Crippen molar-refractivity contribution in [3.8, 4) is 11.5 Å². The van der Waals surface area contributed by atoms with E-state index >= 15 is 0 Å². The molecule has 0 aliphatic carbocycles. The van der Waals surface area contributed by atoms with Crippen molar-refractivity contribution in [3.63, 3.8) is 0 Å². The zero-order valence-electron chi connectivity index (χ0n) is 13.9. The first-order valence-electron chi connectivity index (χ1n) is 8.14. The smallest absolute Gasteiger partial charge is 0.244 e. The maximum absolute atomic E-state index is 11.9. The first kappa shape index (κ1) is 17.6. The number of ether oxygens (including phenoxy) is 1. The molecule has 0 aliphatic heterocycles. The Morgan fingerprint density at radius 1 is 1.17 bits per heavy atom. The van der Waals surface area contributed by atoms with Crippen molar-refractivity contribution in [1.82, 2.24) is 5.32 Å². The average molecular weight is 325 g/mol. The van der Waals surface area contributed by atoms with Crippen molar-refractivity contribution in [3.05, 3.63) is 65.7 Å². The fourth-order valence-corrected chi connectivity index (χ4v) is 2.18. The molecule has 0 radical (unpaired) electrons. The van der Waals surface area contributed by atoms with E-state index in [1.807, 2.05) is 36.4 Å². The minimum atomic E-state index is -0.140. The molecular formula is C20H23NO3. The molecule has 0 saturated heterocycles. The van der Waals surface area contributed by atoms with Gasteiger partial charge in [0, 0.05) is 18.2 Å². The van der Waals surface area contributed by atoms with Gasteiger partial charge < -0.3 is 15.2 Å². The summed E-state index contributed by atoms with van der Waals surface area (Å²) in [5.74, 6) is 0.890. The highest BCUT2D eigenvalue weighted by atomic mass is 16.5. The minimum absolute atomic E-state index is 0.140. The molecule has 2 aromatic carbocycles. The Balaban J connectivity index is 1.83. The van der Waals surface area contributed by atoms with Gasteiger partial charge in [-0.2, -0.15) is 0 Å². The van der Waals surface area contributed by atoms with Gasteiger partial charge in [0.1, 0.15) is 11.5 Å². The quantitative estimate of drug-likeness (QED) is 0.730. The molecule has 2 rings (SSSR count). The molecule has 24 heavy (non-hydrogen) atoms. The molecule has 0 aromatic heterocycles. The van der Waals surface area contributed by atoms with Crippen LogP contribution in [0.5, 0.6) is 11.5 Å². The Morgan fingerprint density at radius 2 is 1.92 bits per heavy atom. The Kier molecular flexibility index (Phi) is 6.90. The average Bonchev–Trinajstić information content (AvgIpc) is 2.60. The summed E-state index contributed by atoms with van der Waals surface area (Å²) in [4.78, 5) is 11.9. The fourth-order valence-electron chi connectivity index (χ4n) is 2.18. The monoisotopic (exact) mass is 325 g/mol. The number of amides is 1. The van der Waals surface area contributed by atoms with Crippen LogP contribution in [0.25, 0.3) is 6.08 Å². The third-order valence-electron chi connectivity index (χ3n) is 3.44. The Hall–Kier alpha value is -2.75. The van der Waals surface area contributed by atoms with Gasteiger partial charge in [-0.3, -0.25) is 4.79 Å². The second-order valence-electron chi connectivity index (χ2n) is 5.43. The number of para-hydroxylation sites is 1. The summed E-state index contributed by atoms with van der Waals surface area (Å²) in [5, 5.41) is 12.1. The lowest BCUT2D eigenvalue weighted by Crippen LogP contribution is -2.23. The van der Waals surface area contributed by atoms with E-state index in [1.165, 1.54) is 6.08 Å². The predicted octanol–water partition coefficient (Wildman–Crippen LogP) is 3.55. The SMILES string of the molecule is CCCOc1ccccc1/C=C/C(=O)NCCc1ccc(O)cc1. The van der Waals surface area contributed by atoms with Crippen LogP contribution in [0.15, 0.2) is 54.6 Å². The summed E-state index contributed by atoms with van der Waals surface area (Å²) in [6, 6.07) is 14.6. The van der Waals surface area contributed by atoms with Gasteiger partial charge in [-0.05, 0) is 42.7 Å². The summed E-state index contributed by atoms with van der Waals surface area (Å²) < 4.78 is 5.66. The van der Waals surface area contributed by atoms with Crippen LogP contribution in [0.1, 0.15) is 24.5 Å². The zero-order valence-corrected chi connectivity index (χ0v) is 13.9. The highest BCUT2D eigenvalue weighted by Gasteiger charge is 2.01. The van der Waals surface area contributed by atoms with Crippen LogP contribution in [0.4, 0.5) is 0 Å². The summed E-state index contributed by atoms with van der Waals surface area (Å²) in [6.07, 6.45) is 4.94. The van der Waals surface area contributed by atoms with E-state index in [1.54, 1.807) is 18.2 Å². The van der Waals surface area contributed by atoms with Crippen LogP contribution < -0.4 is 10.1 Å². The highest BCUT2D eigenvalue weighted by Crippen LogP contribution is 2.19. The number of hydrogen-bond acceptors (Lipinski definition) is 3. The molecular weight excluding hydrogens is 302 g/mol. The number of aromatic hydroxyl groups is 1. The lowest BCUT2D eigenvalue weighted by atomic mass is 10.1. The zero-order chi connectivity index (χ0) is 17.2. The van der Waals surface area contributed by atoms with E-state index in [0.29, 0.717) is 13.2 Å². The molecule has 1 amide bonds. The van der Waals surface area contributed by atoms with E-state index in [4.69, 9.17) is 4.74 Å². The van der Waals surface area contributed by atoms with Gasteiger partial charge in [0.2, 0.25) is 5.91 Å². The molecule has 0 atom stereocenters. The number of carbonyl (C=O) groups excluding carboxylic acids is 1. The van der Waals surface area contributed by atoms with Crippen LogP contribution in [-0.4, -0.2) is 24.2 Å². The molecule has 4 heteroatoms. The van der Waals surface area contributed by atoms with Crippen LogP contribution in [0.2, 0.25) is 0 Å². The Bertz CT molecular complexity index is 678. The van der Waals surface area contributed by atoms with Crippen molar-refractivity contribution < 1.29 is 14.6 Å². The van der Waals surface area contributed by atoms with Crippen molar-refractivity contribution in [2.75, 3.05) is 13.2 Å². The molecule has 0 fully saturated rings. The topological polar surface area (TPSA) is 58.6 Å². The third kappa shape index (κ3) is 5.80. The number of benzene rings is 2. The van der Waals surface area contributed by atoms with Gasteiger partial charge >= 0.3 is 0 Å². The summed E-state index contributed by atoms with van der Waals surface area (Å²) in [7, 11) is 0. The first-order chi connectivity index (χ1) is 11.7. The normalized spacial score (nSPS) is 10.7. The summed E-state index contributed by atoms with van der Waals surface area (Å²) in [6.45, 7) is 3.26. The van der Waals surface area contributed by atoms with Crippen molar-refractivity contribution in [1.29, 1.82) is 0 Å². The van der Waals surface area contributed by atoms with Gasteiger partial charge in [-0.1, -0.05) is 37.3 Å². The number of phenols is 1. The van der Waals surface area contributed by atoms with Crippen LogP contribution >= 0.6 is 0 Å². The predicted molar refractivity (Wildman–Crippen MR) is 96.1 cm³/mol. The Labute approximate surface area is 142 Å². The van der Waals surface area contributed by atoms with Crippen molar-refractivity contribution in [2.24, 2.45) is 0 Å². The molecule has 0 heterocycles. The molecule has 2 N–H and O–H groups in total. The molecule has 2 aromatic rings. The van der Waals surface area contributed by atoms with E-state index in [0.717, 1.165) is 29.7 Å². The van der Waals surface area contributed by atoms with Gasteiger partial charge in [-0.25, -0.2) is 0 Å². The molecule has 0 aliphatic rings. The van der Waals surface area contributed by atoms with Crippen LogP contribution in [-0.2, 0) is 11.2 Å². The molecule has 4 nitrogen and oxygen atoms in total. The van der Waals surface area contributed by atoms with Crippen molar-refractivity contribution >= 4 is 12.0 Å². The molecule has 0 bridgehead atoms. The van der Waals surface area contributed by atoms with Gasteiger partial charge in [0.05, 0.1) is 6.61 Å². The number of rotatable bonds is 8. The number of nitrogens with one attached hydrogen (secondary N) is 1. The fraction of sp³-hybridized carbons (Fsp3) is 0.250. The second kappa shape index (κ2) is 9.40. The minimum Gasteiger partial charge on any atom is -0.508 e. The van der Waals surface area contributed by atoms with Crippen LogP contribution in [0.3, 0.4) is 0 Å². The summed E-state index contributed by atoms with van der Waals surface area (Å²) >= 11 is 0. The maximum Gasteiger partial charge on any atom is 0.244 e. The first-order valence-corrected chi connectivity index (χ1v) is 8.14. The largest absolute Gasteiger partial charge is 0.508 e. The van der Waals surface area contributed by atoms with E-state index in [-0.39, 0.29) is 11.7 Å². The molecule has 126 valence electrons. The lowest BCUT2D eigenvalue weighted by molar-refractivity contribution is -0.116. The van der Waals surface area contributed by atoms with Gasteiger partial charge in [-0.15, -0.1) is 0 Å². The molecule has 0 unspecified atom stereocenters. The van der Waals surface area contributed by atoms with Crippen molar-refractivity contribution in [2.45, 2.75) is 19.8 Å². The maximum atomic E-state index is 11.9. The van der Waals surface area contributed by atoms with Gasteiger partial charge in [0.25, 0.3) is 0 Å². The molecule has 0 saturated carbocycles. The Morgan fingerprint density at radius 3 is 2.67 bits per heavy atom. The second-order valence-corrected chi connectivity index (χ2v) is 5.43.